The van der Waals surface area contributed by atoms with Gasteiger partial charge in [0.15, 0.2) is 0 Å². The highest BCUT2D eigenvalue weighted by molar-refractivity contribution is 5.99. The molecule has 0 aliphatic carbocycles. The Hall–Kier alpha value is -2.47. The lowest BCUT2D eigenvalue weighted by molar-refractivity contribution is 0.405. The highest BCUT2D eigenvalue weighted by Gasteiger charge is 2.16. The third-order valence-electron chi connectivity index (χ3n) is 4.15. The molecule has 3 aromatic rings. The average Bonchev–Trinajstić information content (AvgIpc) is 2.97. The van der Waals surface area contributed by atoms with Gasteiger partial charge in [-0.25, -0.2) is 0 Å². The van der Waals surface area contributed by atoms with Crippen molar-refractivity contribution in [2.45, 2.75) is 27.2 Å². The number of anilines is 1. The fourth-order valence-electron chi connectivity index (χ4n) is 3.03. The molecule has 0 saturated heterocycles. The Labute approximate surface area is 148 Å². The second-order valence-electron chi connectivity index (χ2n) is 6.73. The zero-order valence-corrected chi connectivity index (χ0v) is 15.6. The van der Waals surface area contributed by atoms with Gasteiger partial charge in [0.1, 0.15) is 0 Å². The maximum atomic E-state index is 5.65. The van der Waals surface area contributed by atoms with Crippen LogP contribution in [0.15, 0.2) is 22.7 Å². The van der Waals surface area contributed by atoms with Gasteiger partial charge in [0, 0.05) is 25.1 Å². The molecule has 132 valence electrons. The first-order chi connectivity index (χ1) is 12.0. The standard InChI is InChI=1S/C19H25N5O/c1-12-9-13(2)17-15(10-12)18(20-7-6-8-24(4)5)16(11-21-17)19-23-22-14(3)25-19/h9-11H,6-8H2,1-5H3,(H,20,21). The molecule has 0 fully saturated rings. The van der Waals surface area contributed by atoms with E-state index in [1.807, 2.05) is 6.20 Å². The Morgan fingerprint density at radius 1 is 1.12 bits per heavy atom. The van der Waals surface area contributed by atoms with Crippen LogP contribution in [0.2, 0.25) is 0 Å². The summed E-state index contributed by atoms with van der Waals surface area (Å²) in [5, 5.41) is 12.8. The van der Waals surface area contributed by atoms with E-state index in [-0.39, 0.29) is 0 Å². The number of hydrogen-bond acceptors (Lipinski definition) is 6. The minimum atomic E-state index is 0.501. The van der Waals surface area contributed by atoms with Crippen LogP contribution < -0.4 is 5.32 Å². The number of aromatic nitrogens is 3. The molecule has 3 rings (SSSR count). The molecule has 0 radical (unpaired) electrons. The Morgan fingerprint density at radius 2 is 1.92 bits per heavy atom. The number of rotatable bonds is 6. The molecule has 1 N–H and O–H groups in total. The molecule has 6 heteroatoms. The van der Waals surface area contributed by atoms with Gasteiger partial charge >= 0.3 is 0 Å². The highest BCUT2D eigenvalue weighted by Crippen LogP contribution is 2.34. The summed E-state index contributed by atoms with van der Waals surface area (Å²) in [6.07, 6.45) is 2.87. The van der Waals surface area contributed by atoms with Gasteiger partial charge in [-0.05, 0) is 52.5 Å². The van der Waals surface area contributed by atoms with Crippen LogP contribution in [0, 0.1) is 20.8 Å². The molecule has 0 aliphatic heterocycles. The minimum absolute atomic E-state index is 0.501. The lowest BCUT2D eigenvalue weighted by atomic mass is 10.0. The third-order valence-corrected chi connectivity index (χ3v) is 4.15. The van der Waals surface area contributed by atoms with Crippen molar-refractivity contribution in [2.24, 2.45) is 0 Å². The van der Waals surface area contributed by atoms with E-state index in [9.17, 15) is 0 Å². The van der Waals surface area contributed by atoms with Gasteiger partial charge in [-0.3, -0.25) is 4.98 Å². The lowest BCUT2D eigenvalue weighted by Gasteiger charge is -2.15. The number of fused-ring (bicyclic) bond motifs is 1. The molecule has 0 unspecified atom stereocenters. The van der Waals surface area contributed by atoms with Crippen molar-refractivity contribution in [1.29, 1.82) is 0 Å². The van der Waals surface area contributed by atoms with Gasteiger partial charge in [-0.15, -0.1) is 10.2 Å². The van der Waals surface area contributed by atoms with Gasteiger partial charge in [0.05, 0.1) is 16.8 Å². The first kappa shape index (κ1) is 17.4. The van der Waals surface area contributed by atoms with E-state index in [1.54, 1.807) is 6.92 Å². The Bertz CT molecular complexity index is 885. The maximum absolute atomic E-state index is 5.65. The zero-order chi connectivity index (χ0) is 18.0. The molecule has 0 saturated carbocycles. The fraction of sp³-hybridized carbons (Fsp3) is 0.421. The van der Waals surface area contributed by atoms with Gasteiger partial charge in [0.2, 0.25) is 5.89 Å². The van der Waals surface area contributed by atoms with Crippen LogP contribution in [0.1, 0.15) is 23.4 Å². The quantitative estimate of drug-likeness (QED) is 0.693. The largest absolute Gasteiger partial charge is 0.421 e. The number of benzene rings is 1. The van der Waals surface area contributed by atoms with E-state index in [1.165, 1.54) is 11.1 Å². The number of nitrogens with one attached hydrogen (secondary N) is 1. The molecular formula is C19H25N5O. The predicted molar refractivity (Wildman–Crippen MR) is 101 cm³/mol. The molecule has 2 heterocycles. The Balaban J connectivity index is 2.06. The zero-order valence-electron chi connectivity index (χ0n) is 15.6. The average molecular weight is 339 g/mol. The smallest absolute Gasteiger partial charge is 0.251 e. The molecule has 0 aliphatic rings. The third kappa shape index (κ3) is 3.79. The van der Waals surface area contributed by atoms with Crippen LogP contribution >= 0.6 is 0 Å². The molecular weight excluding hydrogens is 314 g/mol. The van der Waals surface area contributed by atoms with Crippen molar-refractivity contribution in [2.75, 3.05) is 32.5 Å². The molecule has 0 amide bonds. The summed E-state index contributed by atoms with van der Waals surface area (Å²) in [5.41, 5.74) is 5.24. The van der Waals surface area contributed by atoms with Gasteiger partial charge in [0.25, 0.3) is 5.89 Å². The summed E-state index contributed by atoms with van der Waals surface area (Å²) in [4.78, 5) is 6.83. The van der Waals surface area contributed by atoms with E-state index in [0.717, 1.165) is 41.7 Å². The molecule has 25 heavy (non-hydrogen) atoms. The summed E-state index contributed by atoms with van der Waals surface area (Å²) in [6, 6.07) is 4.32. The summed E-state index contributed by atoms with van der Waals surface area (Å²) in [6.45, 7) is 7.89. The Morgan fingerprint density at radius 3 is 2.60 bits per heavy atom. The minimum Gasteiger partial charge on any atom is -0.421 e. The lowest BCUT2D eigenvalue weighted by Crippen LogP contribution is -2.16. The topological polar surface area (TPSA) is 67.1 Å². The molecule has 2 aromatic heterocycles. The van der Waals surface area contributed by atoms with Crippen molar-refractivity contribution in [3.63, 3.8) is 0 Å². The monoisotopic (exact) mass is 339 g/mol. The van der Waals surface area contributed by atoms with Crippen LogP contribution in [0.25, 0.3) is 22.4 Å². The summed E-state index contributed by atoms with van der Waals surface area (Å²) < 4.78 is 5.65. The van der Waals surface area contributed by atoms with E-state index in [0.29, 0.717) is 11.8 Å². The second kappa shape index (κ2) is 7.19. The summed E-state index contributed by atoms with van der Waals surface area (Å²) in [5.74, 6) is 1.05. The van der Waals surface area contributed by atoms with Crippen molar-refractivity contribution in [3.05, 3.63) is 35.3 Å². The van der Waals surface area contributed by atoms with Crippen molar-refractivity contribution < 1.29 is 4.42 Å². The van der Waals surface area contributed by atoms with E-state index in [4.69, 9.17) is 4.42 Å². The van der Waals surface area contributed by atoms with Crippen molar-refractivity contribution >= 4 is 16.6 Å². The van der Waals surface area contributed by atoms with Gasteiger partial charge < -0.3 is 14.6 Å². The van der Waals surface area contributed by atoms with Crippen molar-refractivity contribution in [1.82, 2.24) is 20.1 Å². The maximum Gasteiger partial charge on any atom is 0.251 e. The number of hydrogen-bond donors (Lipinski definition) is 1. The fourth-order valence-corrected chi connectivity index (χ4v) is 3.03. The summed E-state index contributed by atoms with van der Waals surface area (Å²) >= 11 is 0. The van der Waals surface area contributed by atoms with E-state index < -0.39 is 0 Å². The first-order valence-electron chi connectivity index (χ1n) is 8.54. The normalized spacial score (nSPS) is 11.4. The van der Waals surface area contributed by atoms with Crippen LogP contribution in [0.4, 0.5) is 5.69 Å². The Kier molecular flexibility index (Phi) is 4.99. The number of nitrogens with zero attached hydrogens (tertiary/aromatic N) is 4. The summed E-state index contributed by atoms with van der Waals surface area (Å²) in [7, 11) is 4.17. The van der Waals surface area contributed by atoms with Crippen molar-refractivity contribution in [3.8, 4) is 11.5 Å². The molecule has 0 spiro atoms. The SMILES string of the molecule is Cc1cc(C)c2ncc(-c3nnc(C)o3)c(NCCCN(C)C)c2c1. The predicted octanol–water partition coefficient (Wildman–Crippen LogP) is 3.57. The van der Waals surface area contributed by atoms with E-state index in [2.05, 4.69) is 65.5 Å². The van der Waals surface area contributed by atoms with Crippen LogP contribution in [-0.4, -0.2) is 47.3 Å². The van der Waals surface area contributed by atoms with Gasteiger partial charge in [-0.1, -0.05) is 11.6 Å². The second-order valence-corrected chi connectivity index (χ2v) is 6.73. The molecule has 1 aromatic carbocycles. The first-order valence-corrected chi connectivity index (χ1v) is 8.54. The van der Waals surface area contributed by atoms with Crippen LogP contribution in [0.5, 0.6) is 0 Å². The number of aryl methyl sites for hydroxylation is 3. The van der Waals surface area contributed by atoms with Crippen LogP contribution in [-0.2, 0) is 0 Å². The number of pyridine rings is 1. The molecule has 6 nitrogen and oxygen atoms in total. The van der Waals surface area contributed by atoms with Crippen LogP contribution in [0.3, 0.4) is 0 Å². The highest BCUT2D eigenvalue weighted by atomic mass is 16.4. The van der Waals surface area contributed by atoms with Gasteiger partial charge in [-0.2, -0.15) is 0 Å². The molecule has 0 bridgehead atoms. The molecule has 0 atom stereocenters. The van der Waals surface area contributed by atoms with E-state index >= 15 is 0 Å².